The molecule has 1 heterocycles. The largest absolute Gasteiger partial charge is 0.330 e. The minimum absolute atomic E-state index is 0.0311. The first kappa shape index (κ1) is 15.4. The quantitative estimate of drug-likeness (QED) is 0.823. The molecule has 0 aromatic heterocycles. The first-order valence-electron chi connectivity index (χ1n) is 6.43. The number of rotatable bonds is 4. The number of aryl methyl sites for hydroxylation is 1. The van der Waals surface area contributed by atoms with Gasteiger partial charge in [-0.3, -0.25) is 24.0 Å². The number of nitrogens with zero attached hydrogens (tertiary/aromatic N) is 1. The molecule has 0 spiro atoms. The van der Waals surface area contributed by atoms with Crippen molar-refractivity contribution in [1.82, 2.24) is 10.2 Å². The highest BCUT2D eigenvalue weighted by atomic mass is 32.2. The molecule has 21 heavy (non-hydrogen) atoms. The van der Waals surface area contributed by atoms with Crippen molar-refractivity contribution < 1.29 is 18.6 Å². The summed E-state index contributed by atoms with van der Waals surface area (Å²) >= 11 is 0. The van der Waals surface area contributed by atoms with Gasteiger partial charge < -0.3 is 0 Å². The van der Waals surface area contributed by atoms with Crippen molar-refractivity contribution in [2.45, 2.75) is 12.8 Å². The summed E-state index contributed by atoms with van der Waals surface area (Å²) in [7, 11) is -1.12. The highest BCUT2D eigenvalue weighted by Crippen LogP contribution is 2.23. The molecule has 0 aliphatic carbocycles. The van der Waals surface area contributed by atoms with Gasteiger partial charge >= 0.3 is 6.03 Å². The summed E-state index contributed by atoms with van der Waals surface area (Å²) in [6, 6.07) is 6.29. The van der Waals surface area contributed by atoms with E-state index in [1.165, 1.54) is 6.26 Å². The molecule has 6 nitrogen and oxygen atoms in total. The molecular formula is C14H16N2O4S. The van der Waals surface area contributed by atoms with Crippen LogP contribution in [0.4, 0.5) is 4.79 Å². The Kier molecular flexibility index (Phi) is 4.52. The number of carbonyl (C=O) groups excluding carboxylic acids is 3. The van der Waals surface area contributed by atoms with E-state index in [2.05, 4.69) is 5.32 Å². The molecule has 1 aromatic rings. The van der Waals surface area contributed by atoms with Gasteiger partial charge in [0, 0.05) is 29.4 Å². The summed E-state index contributed by atoms with van der Waals surface area (Å²) in [6.07, 6.45) is 1.50. The highest BCUT2D eigenvalue weighted by Gasteiger charge is 2.41. The van der Waals surface area contributed by atoms with Crippen LogP contribution in [0.5, 0.6) is 0 Å². The molecule has 1 aromatic carbocycles. The van der Waals surface area contributed by atoms with Gasteiger partial charge in [-0.25, -0.2) is 4.79 Å². The van der Waals surface area contributed by atoms with E-state index in [0.717, 1.165) is 10.5 Å². The Morgan fingerprint density at radius 3 is 2.62 bits per heavy atom. The average molecular weight is 308 g/mol. The number of nitrogens with one attached hydrogen (secondary N) is 1. The normalized spacial score (nSPS) is 20.4. The van der Waals surface area contributed by atoms with Gasteiger partial charge in [-0.1, -0.05) is 29.8 Å². The number of barbiturate groups is 1. The van der Waals surface area contributed by atoms with Crippen molar-refractivity contribution in [3.63, 3.8) is 0 Å². The Labute approximate surface area is 125 Å². The van der Waals surface area contributed by atoms with Crippen molar-refractivity contribution in [2.24, 2.45) is 0 Å². The molecule has 1 fully saturated rings. The van der Waals surface area contributed by atoms with Gasteiger partial charge in [0.05, 0.1) is 0 Å². The van der Waals surface area contributed by atoms with Gasteiger partial charge in [0.1, 0.15) is 5.92 Å². The van der Waals surface area contributed by atoms with Gasteiger partial charge in [0.25, 0.3) is 0 Å². The molecule has 0 radical (unpaired) electrons. The van der Waals surface area contributed by atoms with Crippen LogP contribution in [0.25, 0.3) is 0 Å². The maximum Gasteiger partial charge on any atom is 0.330 e. The Morgan fingerprint density at radius 1 is 1.29 bits per heavy atom. The van der Waals surface area contributed by atoms with Gasteiger partial charge in [-0.2, -0.15) is 0 Å². The molecule has 2 unspecified atom stereocenters. The predicted octanol–water partition coefficient (Wildman–Crippen LogP) is 0.536. The van der Waals surface area contributed by atoms with Crippen LogP contribution in [-0.2, 0) is 20.4 Å². The number of amides is 4. The smallest absolute Gasteiger partial charge is 0.277 e. The van der Waals surface area contributed by atoms with E-state index in [0.29, 0.717) is 5.56 Å². The Balaban J connectivity index is 2.28. The lowest BCUT2D eigenvalue weighted by molar-refractivity contribution is -0.138. The summed E-state index contributed by atoms with van der Waals surface area (Å²) in [4.78, 5) is 37.1. The minimum atomic E-state index is -1.12. The molecule has 7 heteroatoms. The fourth-order valence-electron chi connectivity index (χ4n) is 2.19. The van der Waals surface area contributed by atoms with Crippen LogP contribution < -0.4 is 5.32 Å². The van der Waals surface area contributed by atoms with Gasteiger partial charge in [0.15, 0.2) is 0 Å². The average Bonchev–Trinajstić information content (AvgIpc) is 2.37. The second kappa shape index (κ2) is 6.17. The fraction of sp³-hybridized carbons (Fsp3) is 0.357. The lowest BCUT2D eigenvalue weighted by Crippen LogP contribution is -2.57. The van der Waals surface area contributed by atoms with E-state index >= 15 is 0 Å². The lowest BCUT2D eigenvalue weighted by Gasteiger charge is -2.30. The first-order valence-corrected chi connectivity index (χ1v) is 8.15. The van der Waals surface area contributed by atoms with E-state index < -0.39 is 34.6 Å². The van der Waals surface area contributed by atoms with Crippen LogP contribution in [0.2, 0.25) is 0 Å². The van der Waals surface area contributed by atoms with Gasteiger partial charge in [-0.15, -0.1) is 0 Å². The number of hydrogen-bond acceptors (Lipinski definition) is 4. The minimum Gasteiger partial charge on any atom is -0.277 e. The zero-order valence-corrected chi connectivity index (χ0v) is 12.6. The molecule has 2 rings (SSSR count). The molecule has 112 valence electrons. The number of hydrogen-bond donors (Lipinski definition) is 1. The van der Waals surface area contributed by atoms with Crippen LogP contribution >= 0.6 is 0 Å². The summed E-state index contributed by atoms with van der Waals surface area (Å²) < 4.78 is 11.1. The van der Waals surface area contributed by atoms with E-state index in [4.69, 9.17) is 0 Å². The molecule has 1 aliphatic rings. The van der Waals surface area contributed by atoms with E-state index in [9.17, 15) is 18.6 Å². The topological polar surface area (TPSA) is 83.6 Å². The third-order valence-corrected chi connectivity index (χ3v) is 3.99. The second-order valence-electron chi connectivity index (χ2n) is 4.91. The van der Waals surface area contributed by atoms with Crippen LogP contribution in [0.1, 0.15) is 17.0 Å². The van der Waals surface area contributed by atoms with Crippen molar-refractivity contribution in [2.75, 3.05) is 18.6 Å². The zero-order chi connectivity index (χ0) is 15.6. The molecule has 0 saturated carbocycles. The molecule has 1 N–H and O–H groups in total. The fourth-order valence-corrected chi connectivity index (χ4v) is 2.63. The van der Waals surface area contributed by atoms with Crippen molar-refractivity contribution in [3.8, 4) is 0 Å². The third kappa shape index (κ3) is 3.36. The third-order valence-electron chi connectivity index (χ3n) is 3.23. The van der Waals surface area contributed by atoms with E-state index in [-0.39, 0.29) is 12.3 Å². The standard InChI is InChI=1S/C14H16N2O4S/c1-9-4-3-5-10(8-9)11-12(17)15-14(19)16(13(11)18)6-7-21(2)20/h3-5,8,11H,6-7H2,1-2H3,(H,15,17,19). The number of imide groups is 2. The molecule has 4 amide bonds. The summed E-state index contributed by atoms with van der Waals surface area (Å²) in [5, 5.41) is 2.18. The van der Waals surface area contributed by atoms with Crippen LogP contribution in [-0.4, -0.2) is 45.5 Å². The van der Waals surface area contributed by atoms with Gasteiger partial charge in [-0.05, 0) is 12.5 Å². The SMILES string of the molecule is Cc1cccc(C2C(=O)NC(=O)N(CCS(C)=O)C2=O)c1. The van der Waals surface area contributed by atoms with Crippen LogP contribution in [0, 0.1) is 6.92 Å². The lowest BCUT2D eigenvalue weighted by atomic mass is 9.94. The van der Waals surface area contributed by atoms with Gasteiger partial charge in [0.2, 0.25) is 11.8 Å². The molecule has 1 aliphatic heterocycles. The van der Waals surface area contributed by atoms with E-state index in [1.807, 2.05) is 13.0 Å². The Morgan fingerprint density at radius 2 is 2.00 bits per heavy atom. The molecular weight excluding hydrogens is 292 g/mol. The maximum atomic E-state index is 12.4. The van der Waals surface area contributed by atoms with Crippen LogP contribution in [0.3, 0.4) is 0 Å². The number of urea groups is 1. The van der Waals surface area contributed by atoms with Crippen molar-refractivity contribution in [3.05, 3.63) is 35.4 Å². The monoisotopic (exact) mass is 308 g/mol. The summed E-state index contributed by atoms with van der Waals surface area (Å²) in [6.45, 7) is 1.89. The van der Waals surface area contributed by atoms with Crippen molar-refractivity contribution in [1.29, 1.82) is 0 Å². The number of benzene rings is 1. The Hall–Kier alpha value is -2.02. The number of carbonyl (C=O) groups is 3. The van der Waals surface area contributed by atoms with E-state index in [1.54, 1.807) is 18.2 Å². The first-order chi connectivity index (χ1) is 9.90. The zero-order valence-electron chi connectivity index (χ0n) is 11.8. The van der Waals surface area contributed by atoms with Crippen LogP contribution in [0.15, 0.2) is 24.3 Å². The predicted molar refractivity (Wildman–Crippen MR) is 78.1 cm³/mol. The second-order valence-corrected chi connectivity index (χ2v) is 6.46. The maximum absolute atomic E-state index is 12.4. The highest BCUT2D eigenvalue weighted by molar-refractivity contribution is 7.84. The molecule has 1 saturated heterocycles. The molecule has 2 atom stereocenters. The summed E-state index contributed by atoms with van der Waals surface area (Å²) in [5.74, 6) is -2.04. The van der Waals surface area contributed by atoms with Crippen molar-refractivity contribution >= 4 is 28.6 Å². The molecule has 0 bridgehead atoms. The Bertz CT molecular complexity index is 629. The summed E-state index contributed by atoms with van der Waals surface area (Å²) in [5.41, 5.74) is 1.47.